The first-order chi connectivity index (χ1) is 14.0. The van der Waals surface area contributed by atoms with Crippen molar-refractivity contribution in [2.45, 2.75) is 30.7 Å². The molecule has 2 atom stereocenters. The van der Waals surface area contributed by atoms with Crippen LogP contribution < -0.4 is 14.9 Å². The molecule has 1 aliphatic carbocycles. The van der Waals surface area contributed by atoms with Crippen LogP contribution in [-0.2, 0) is 9.63 Å². The van der Waals surface area contributed by atoms with Gasteiger partial charge in [-0.05, 0) is 30.4 Å². The monoisotopic (exact) mass is 406 g/mol. The third-order valence-corrected chi connectivity index (χ3v) is 5.66. The van der Waals surface area contributed by atoms with Crippen LogP contribution in [0.4, 0.5) is 0 Å². The fourth-order valence-electron chi connectivity index (χ4n) is 4.08. The minimum atomic E-state index is -1.17. The smallest absolute Gasteiger partial charge is 0.526 e. The summed E-state index contributed by atoms with van der Waals surface area (Å²) >= 11 is 0. The van der Waals surface area contributed by atoms with Crippen molar-refractivity contribution in [3.63, 3.8) is 0 Å². The maximum Gasteiger partial charge on any atom is 0.526 e. The number of benzene rings is 1. The molecule has 1 saturated heterocycles. The molecule has 0 bridgehead atoms. The lowest BCUT2D eigenvalue weighted by atomic mass is 9.51. The lowest BCUT2D eigenvalue weighted by Crippen LogP contribution is -2.56. The van der Waals surface area contributed by atoms with E-state index in [0.29, 0.717) is 13.1 Å². The van der Waals surface area contributed by atoms with E-state index in [4.69, 9.17) is 19.3 Å². The Bertz CT molecular complexity index is 800. The van der Waals surface area contributed by atoms with Gasteiger partial charge in [-0.15, -0.1) is 0 Å². The van der Waals surface area contributed by atoms with Gasteiger partial charge in [0, 0.05) is 18.9 Å². The fraction of sp³-hybridized carbons (Fsp3) is 0.556. The molecule has 3 aliphatic rings. The first-order valence-corrected chi connectivity index (χ1v) is 9.63. The molecular weight excluding hydrogens is 383 g/mol. The standard InChI is InChI=1S/C18H23BN2O8/c22-5-6-27-20-15(23)9-21-7-10(8-21)28-14-4-2-12-11-1-3-13(11)19(26)29-17(12)16(14)18(24)25/h2,4,10-11,13,22,26H,1,3,5-9H2,(H,20,23)(H,24,25)/t11-,13-/m1/s1. The van der Waals surface area contributed by atoms with Gasteiger partial charge in [0.05, 0.1) is 19.8 Å². The van der Waals surface area contributed by atoms with Crippen LogP contribution in [0.1, 0.15) is 34.7 Å². The Morgan fingerprint density at radius 1 is 1.31 bits per heavy atom. The summed E-state index contributed by atoms with van der Waals surface area (Å²) in [5.41, 5.74) is 2.97. The Kier molecular flexibility index (Phi) is 5.64. The molecule has 1 saturated carbocycles. The zero-order valence-electron chi connectivity index (χ0n) is 15.7. The molecule has 1 amide bonds. The molecule has 0 radical (unpaired) electrons. The highest BCUT2D eigenvalue weighted by Gasteiger charge is 2.49. The van der Waals surface area contributed by atoms with E-state index in [9.17, 15) is 19.7 Å². The minimum Gasteiger partial charge on any atom is -0.535 e. The zero-order chi connectivity index (χ0) is 20.5. The van der Waals surface area contributed by atoms with Crippen LogP contribution in [-0.4, -0.2) is 78.1 Å². The van der Waals surface area contributed by atoms with E-state index in [2.05, 4.69) is 5.48 Å². The quantitative estimate of drug-likeness (QED) is 0.258. The molecule has 1 aromatic rings. The zero-order valence-corrected chi connectivity index (χ0v) is 15.7. The number of nitrogens with zero attached hydrogens (tertiary/aromatic N) is 1. The van der Waals surface area contributed by atoms with Crippen molar-refractivity contribution in [2.24, 2.45) is 0 Å². The van der Waals surface area contributed by atoms with Crippen molar-refractivity contribution in [3.8, 4) is 11.5 Å². The number of carboxylic acids is 1. The summed E-state index contributed by atoms with van der Waals surface area (Å²) in [6.07, 6.45) is 1.50. The first kappa shape index (κ1) is 20.0. The molecule has 2 aliphatic heterocycles. The molecule has 11 heteroatoms. The second kappa shape index (κ2) is 8.19. The maximum absolute atomic E-state index is 11.9. The number of hydroxylamine groups is 1. The van der Waals surface area contributed by atoms with Gasteiger partial charge < -0.3 is 24.6 Å². The van der Waals surface area contributed by atoms with Crippen molar-refractivity contribution >= 4 is 19.0 Å². The van der Waals surface area contributed by atoms with Gasteiger partial charge in [-0.25, -0.2) is 10.3 Å². The predicted octanol–water partition coefficient (Wildman–Crippen LogP) is -0.392. The summed E-state index contributed by atoms with van der Waals surface area (Å²) in [7, 11) is -1.000. The number of ether oxygens (including phenoxy) is 1. The molecule has 4 N–H and O–H groups in total. The molecule has 4 rings (SSSR count). The number of hydrogen-bond acceptors (Lipinski definition) is 8. The van der Waals surface area contributed by atoms with Gasteiger partial charge in [0.1, 0.15) is 23.2 Å². The van der Waals surface area contributed by atoms with Crippen molar-refractivity contribution in [1.29, 1.82) is 0 Å². The number of carbonyl (C=O) groups excluding carboxylic acids is 1. The average molecular weight is 406 g/mol. The van der Waals surface area contributed by atoms with Gasteiger partial charge in [0.15, 0.2) is 0 Å². The van der Waals surface area contributed by atoms with E-state index < -0.39 is 13.1 Å². The van der Waals surface area contributed by atoms with Gasteiger partial charge >= 0.3 is 13.1 Å². The van der Waals surface area contributed by atoms with Crippen LogP contribution in [0.2, 0.25) is 5.82 Å². The lowest BCUT2D eigenvalue weighted by Gasteiger charge is -2.43. The van der Waals surface area contributed by atoms with Gasteiger partial charge in [-0.2, -0.15) is 0 Å². The van der Waals surface area contributed by atoms with Gasteiger partial charge in [0.2, 0.25) is 0 Å². The van der Waals surface area contributed by atoms with E-state index >= 15 is 0 Å². The van der Waals surface area contributed by atoms with Crippen molar-refractivity contribution in [3.05, 3.63) is 23.3 Å². The average Bonchev–Trinajstić information content (AvgIpc) is 2.59. The minimum absolute atomic E-state index is 0.0172. The molecule has 0 unspecified atom stereocenters. The molecule has 1 aromatic carbocycles. The Morgan fingerprint density at radius 3 is 2.76 bits per heavy atom. The van der Waals surface area contributed by atoms with E-state index in [1.807, 2.05) is 11.0 Å². The normalized spacial score (nSPS) is 23.2. The predicted molar refractivity (Wildman–Crippen MR) is 99.8 cm³/mol. The summed E-state index contributed by atoms with van der Waals surface area (Å²) in [5, 5.41) is 28.5. The Morgan fingerprint density at radius 2 is 2.10 bits per heavy atom. The summed E-state index contributed by atoms with van der Waals surface area (Å²) in [4.78, 5) is 30.1. The fourth-order valence-corrected chi connectivity index (χ4v) is 4.08. The van der Waals surface area contributed by atoms with E-state index in [0.717, 1.165) is 18.4 Å². The lowest BCUT2D eigenvalue weighted by molar-refractivity contribution is -0.137. The molecule has 10 nitrogen and oxygen atoms in total. The van der Waals surface area contributed by atoms with Gasteiger partial charge in [-0.1, -0.05) is 6.07 Å². The van der Waals surface area contributed by atoms with E-state index in [1.54, 1.807) is 6.07 Å². The highest BCUT2D eigenvalue weighted by atomic mass is 16.7. The van der Waals surface area contributed by atoms with Crippen molar-refractivity contribution < 1.29 is 39.1 Å². The number of rotatable bonds is 8. The van der Waals surface area contributed by atoms with Crippen LogP contribution in [0.5, 0.6) is 11.5 Å². The number of nitrogens with one attached hydrogen (secondary N) is 1. The van der Waals surface area contributed by atoms with Crippen LogP contribution >= 0.6 is 0 Å². The van der Waals surface area contributed by atoms with Gasteiger partial charge in [0.25, 0.3) is 5.91 Å². The topological polar surface area (TPSA) is 138 Å². The summed E-state index contributed by atoms with van der Waals surface area (Å²) < 4.78 is 11.4. The van der Waals surface area contributed by atoms with Gasteiger partial charge in [-0.3, -0.25) is 14.5 Å². The highest BCUT2D eigenvalue weighted by molar-refractivity contribution is 6.47. The number of carbonyl (C=O) groups is 2. The second-order valence-electron chi connectivity index (χ2n) is 7.55. The van der Waals surface area contributed by atoms with Crippen LogP contribution in [0.3, 0.4) is 0 Å². The van der Waals surface area contributed by atoms with E-state index in [1.165, 1.54) is 0 Å². The Hall–Kier alpha value is -2.34. The second-order valence-corrected chi connectivity index (χ2v) is 7.55. The van der Waals surface area contributed by atoms with Crippen LogP contribution in [0.15, 0.2) is 12.1 Å². The SMILES string of the molecule is O=C(CN1CC(Oc2ccc3c(c2C(=O)O)OB(O)[C@@H]2CC[C@H]32)C1)NOCCO. The number of amides is 1. The Balaban J connectivity index is 1.39. The molecule has 2 fully saturated rings. The third-order valence-electron chi connectivity index (χ3n) is 5.66. The number of likely N-dealkylation sites (tertiary alicyclic amines) is 1. The maximum atomic E-state index is 11.9. The van der Waals surface area contributed by atoms with E-state index in [-0.39, 0.29) is 60.6 Å². The Labute approximate surface area is 167 Å². The molecule has 156 valence electrons. The summed E-state index contributed by atoms with van der Waals surface area (Å²) in [5.74, 6) is -0.982. The van der Waals surface area contributed by atoms with Crippen molar-refractivity contribution in [2.75, 3.05) is 32.8 Å². The molecule has 2 heterocycles. The summed E-state index contributed by atoms with van der Waals surface area (Å²) in [6, 6.07) is 3.47. The van der Waals surface area contributed by atoms with Crippen molar-refractivity contribution in [1.82, 2.24) is 10.4 Å². The number of carboxylic acid groups (broad SMARTS) is 1. The first-order valence-electron chi connectivity index (χ1n) is 9.63. The number of aliphatic hydroxyl groups excluding tert-OH is 1. The number of hydrogen-bond donors (Lipinski definition) is 4. The number of aromatic carboxylic acids is 1. The molecule has 0 spiro atoms. The third kappa shape index (κ3) is 3.91. The largest absolute Gasteiger partial charge is 0.535 e. The molecule has 0 aromatic heterocycles. The number of aliphatic hydroxyl groups is 1. The molecular formula is C18H23BN2O8. The van der Waals surface area contributed by atoms with Crippen LogP contribution in [0, 0.1) is 0 Å². The number of fused-ring (bicyclic) bond motifs is 3. The summed E-state index contributed by atoms with van der Waals surface area (Å²) in [6.45, 7) is 0.857. The highest BCUT2D eigenvalue weighted by Crippen LogP contribution is 2.55. The van der Waals surface area contributed by atoms with Crippen LogP contribution in [0.25, 0.3) is 0 Å². The molecule has 29 heavy (non-hydrogen) atoms.